The number of carbonyl (C=O) groups excluding carboxylic acids is 3. The summed E-state index contributed by atoms with van der Waals surface area (Å²) in [5.74, 6) is -1.49. The van der Waals surface area contributed by atoms with E-state index < -0.39 is 57.8 Å². The molecule has 0 aromatic carbocycles. The van der Waals surface area contributed by atoms with Crippen LogP contribution in [0.3, 0.4) is 0 Å². The smallest absolute Gasteiger partial charge is 0.462 e. The van der Waals surface area contributed by atoms with Crippen LogP contribution in [-0.2, 0) is 42.2 Å². The number of esters is 3. The molecule has 0 rings (SSSR count). The minimum absolute atomic E-state index is 0.119. The van der Waals surface area contributed by atoms with Crippen LogP contribution in [0.15, 0.2) is 48.6 Å². The van der Waals surface area contributed by atoms with E-state index in [9.17, 15) is 28.9 Å². The van der Waals surface area contributed by atoms with Gasteiger partial charge in [-0.1, -0.05) is 262 Å². The highest BCUT2D eigenvalue weighted by molar-refractivity contribution is 7.47. The van der Waals surface area contributed by atoms with Crippen LogP contribution in [0.1, 0.15) is 290 Å². The Labute approximate surface area is 453 Å². The first-order valence-corrected chi connectivity index (χ1v) is 32.0. The zero-order chi connectivity index (χ0) is 54.1. The van der Waals surface area contributed by atoms with Crippen LogP contribution in [0.25, 0.3) is 0 Å². The Balaban J connectivity index is 4.71. The van der Waals surface area contributed by atoms with Gasteiger partial charge in [-0.15, -0.1) is 0 Å². The quantitative estimate of drug-likeness (QED) is 0.0197. The molecule has 11 nitrogen and oxygen atoms in total. The molecule has 2 N–H and O–H groups in total. The Morgan fingerprint density at radius 1 is 0.392 bits per heavy atom. The van der Waals surface area contributed by atoms with Gasteiger partial charge in [-0.2, -0.15) is 0 Å². The van der Waals surface area contributed by atoms with Crippen LogP contribution < -0.4 is 0 Å². The first kappa shape index (κ1) is 71.4. The van der Waals surface area contributed by atoms with Gasteiger partial charge in [-0.05, 0) is 57.8 Å². The topological polar surface area (TPSA) is 155 Å². The van der Waals surface area contributed by atoms with Crippen molar-refractivity contribution < 1.29 is 52.2 Å². The molecule has 0 amide bonds. The highest BCUT2D eigenvalue weighted by Crippen LogP contribution is 2.43. The Hall–Kier alpha value is -2.56. The summed E-state index contributed by atoms with van der Waals surface area (Å²) in [4.78, 5) is 48.6. The van der Waals surface area contributed by atoms with Gasteiger partial charge in [-0.3, -0.25) is 23.4 Å². The molecule has 74 heavy (non-hydrogen) atoms. The largest absolute Gasteiger partial charge is 0.472 e. The van der Waals surface area contributed by atoms with E-state index in [1.54, 1.807) is 0 Å². The summed E-state index contributed by atoms with van der Waals surface area (Å²) < 4.78 is 39.6. The highest BCUT2D eigenvalue weighted by Gasteiger charge is 2.28. The number of hydrogen-bond acceptors (Lipinski definition) is 10. The van der Waals surface area contributed by atoms with Crippen molar-refractivity contribution >= 4 is 25.7 Å². The molecule has 0 aromatic heterocycles. The first-order valence-electron chi connectivity index (χ1n) is 30.5. The third kappa shape index (κ3) is 54.2. The molecular formula is C62H113O11P. The Morgan fingerprint density at radius 3 is 1.08 bits per heavy atom. The minimum atomic E-state index is -4.76. The lowest BCUT2D eigenvalue weighted by molar-refractivity contribution is -0.161. The van der Waals surface area contributed by atoms with Gasteiger partial charge in [0.15, 0.2) is 6.10 Å². The SMILES string of the molecule is CC/C=C\C/C=C\C/C=C\C/C=C\CCCCC(=O)OC(COC(=O)CCCCCCCCCCCCCCCCCCC)COP(=O)(O)OCC(CO)OC(=O)CCCCCCCCCCCCCCCCC. The Morgan fingerprint density at radius 2 is 0.703 bits per heavy atom. The van der Waals surface area contributed by atoms with Crippen molar-refractivity contribution in [3.05, 3.63) is 48.6 Å². The molecule has 0 radical (unpaired) electrons. The molecular weight excluding hydrogens is 952 g/mol. The number of rotatable bonds is 57. The molecule has 0 bridgehead atoms. The Kier molecular flexibility index (Phi) is 54.7. The molecule has 0 spiro atoms. The van der Waals surface area contributed by atoms with Crippen LogP contribution in [0, 0.1) is 0 Å². The number of unbranched alkanes of at least 4 members (excludes halogenated alkanes) is 32. The van der Waals surface area contributed by atoms with E-state index in [4.69, 9.17) is 23.3 Å². The molecule has 0 aromatic rings. The summed E-state index contributed by atoms with van der Waals surface area (Å²) in [6, 6.07) is 0. The predicted octanol–water partition coefficient (Wildman–Crippen LogP) is 18.1. The van der Waals surface area contributed by atoms with E-state index in [1.165, 1.54) is 154 Å². The molecule has 432 valence electrons. The second-order valence-electron chi connectivity index (χ2n) is 20.5. The van der Waals surface area contributed by atoms with E-state index in [1.807, 2.05) is 0 Å². The zero-order valence-electron chi connectivity index (χ0n) is 47.8. The summed E-state index contributed by atoms with van der Waals surface area (Å²) in [6.45, 7) is 4.54. The van der Waals surface area contributed by atoms with Crippen LogP contribution in [0.2, 0.25) is 0 Å². The van der Waals surface area contributed by atoms with Gasteiger partial charge in [0, 0.05) is 19.3 Å². The lowest BCUT2D eigenvalue weighted by Gasteiger charge is -2.21. The average molecular weight is 1070 g/mol. The number of aliphatic hydroxyl groups is 1. The molecule has 0 aliphatic heterocycles. The number of phosphoric ester groups is 1. The normalized spacial score (nSPS) is 13.6. The maximum Gasteiger partial charge on any atom is 0.472 e. The molecule has 0 aliphatic carbocycles. The van der Waals surface area contributed by atoms with Crippen LogP contribution >= 0.6 is 7.82 Å². The van der Waals surface area contributed by atoms with Crippen molar-refractivity contribution in [1.82, 2.24) is 0 Å². The maximum absolute atomic E-state index is 12.9. The molecule has 3 unspecified atom stereocenters. The van der Waals surface area contributed by atoms with Crippen LogP contribution in [-0.4, -0.2) is 66.5 Å². The van der Waals surface area contributed by atoms with Gasteiger partial charge in [0.1, 0.15) is 12.7 Å². The molecule has 0 aliphatic rings. The van der Waals surface area contributed by atoms with Gasteiger partial charge >= 0.3 is 25.7 Å². The molecule has 0 heterocycles. The van der Waals surface area contributed by atoms with E-state index in [0.29, 0.717) is 19.3 Å². The van der Waals surface area contributed by atoms with Crippen molar-refractivity contribution in [1.29, 1.82) is 0 Å². The number of phosphoric acid groups is 1. The summed E-state index contributed by atoms with van der Waals surface area (Å²) in [5, 5.41) is 9.83. The summed E-state index contributed by atoms with van der Waals surface area (Å²) >= 11 is 0. The molecule has 12 heteroatoms. The fourth-order valence-electron chi connectivity index (χ4n) is 8.64. The lowest BCUT2D eigenvalue weighted by Crippen LogP contribution is -2.30. The fourth-order valence-corrected chi connectivity index (χ4v) is 9.43. The zero-order valence-corrected chi connectivity index (χ0v) is 48.7. The second kappa shape index (κ2) is 56.6. The molecule has 3 atom stereocenters. The summed E-state index contributed by atoms with van der Waals surface area (Å²) in [7, 11) is -4.76. The van der Waals surface area contributed by atoms with E-state index in [2.05, 4.69) is 69.4 Å². The number of hydrogen-bond donors (Lipinski definition) is 2. The van der Waals surface area contributed by atoms with Crippen molar-refractivity contribution in [2.75, 3.05) is 26.4 Å². The maximum atomic E-state index is 12.9. The van der Waals surface area contributed by atoms with Crippen LogP contribution in [0.5, 0.6) is 0 Å². The number of carbonyl (C=O) groups is 3. The second-order valence-corrected chi connectivity index (χ2v) is 22.0. The number of ether oxygens (including phenoxy) is 3. The molecule has 0 saturated carbocycles. The van der Waals surface area contributed by atoms with Crippen molar-refractivity contribution in [2.24, 2.45) is 0 Å². The van der Waals surface area contributed by atoms with Crippen molar-refractivity contribution in [3.8, 4) is 0 Å². The van der Waals surface area contributed by atoms with E-state index in [-0.39, 0.29) is 25.9 Å². The Bertz CT molecular complexity index is 1430. The average Bonchev–Trinajstić information content (AvgIpc) is 3.39. The third-order valence-corrected chi connectivity index (χ3v) is 14.2. The fraction of sp³-hybridized carbons (Fsp3) is 0.823. The van der Waals surface area contributed by atoms with Gasteiger partial charge < -0.3 is 24.2 Å². The van der Waals surface area contributed by atoms with Gasteiger partial charge in [0.05, 0.1) is 19.8 Å². The van der Waals surface area contributed by atoms with Gasteiger partial charge in [-0.25, -0.2) is 4.57 Å². The van der Waals surface area contributed by atoms with Crippen LogP contribution in [0.4, 0.5) is 0 Å². The summed E-state index contributed by atoms with van der Waals surface area (Å²) in [5.41, 5.74) is 0. The standard InChI is InChI=1S/C62H113O11P/c1-4-7-10-13-16-19-22-25-28-29-32-33-36-39-42-45-48-51-60(64)69-55-59(73-62(66)53-50-47-44-41-38-35-31-27-24-21-18-15-12-9-6-3)57-71-74(67,68)70-56-58(54-63)72-61(65)52-49-46-43-40-37-34-30-26-23-20-17-14-11-8-5-2/h9,12,18,21,27,31,38,41,58-59,63H,4-8,10-11,13-17,19-20,22-26,28-30,32-37,39-40,42-57H2,1-3H3,(H,67,68)/b12-9-,21-18-,31-27-,41-38-. The minimum Gasteiger partial charge on any atom is -0.462 e. The third-order valence-electron chi connectivity index (χ3n) is 13.3. The highest BCUT2D eigenvalue weighted by atomic mass is 31.2. The molecule has 0 saturated heterocycles. The van der Waals surface area contributed by atoms with Gasteiger partial charge in [0.2, 0.25) is 0 Å². The van der Waals surface area contributed by atoms with E-state index >= 15 is 0 Å². The van der Waals surface area contributed by atoms with E-state index in [0.717, 1.165) is 77.0 Å². The summed E-state index contributed by atoms with van der Waals surface area (Å²) in [6.07, 6.45) is 60.7. The predicted molar refractivity (Wildman–Crippen MR) is 307 cm³/mol. The monoisotopic (exact) mass is 1060 g/mol. The first-order chi connectivity index (χ1) is 36.2. The van der Waals surface area contributed by atoms with Gasteiger partial charge in [0.25, 0.3) is 0 Å². The van der Waals surface area contributed by atoms with Crippen molar-refractivity contribution in [2.45, 2.75) is 303 Å². The van der Waals surface area contributed by atoms with Crippen molar-refractivity contribution in [3.63, 3.8) is 0 Å². The number of aliphatic hydroxyl groups excluding tert-OH is 1. The number of allylic oxidation sites excluding steroid dienone is 8. The lowest BCUT2D eigenvalue weighted by atomic mass is 10.0. The molecule has 0 fully saturated rings.